The third-order valence-electron chi connectivity index (χ3n) is 3.78. The first-order valence-electron chi connectivity index (χ1n) is 6.85. The van der Waals surface area contributed by atoms with Gasteiger partial charge in [-0.2, -0.15) is 0 Å². The summed E-state index contributed by atoms with van der Waals surface area (Å²) in [5, 5.41) is 0. The Morgan fingerprint density at radius 3 is 2.39 bits per heavy atom. The van der Waals surface area contributed by atoms with Crippen molar-refractivity contribution in [2.24, 2.45) is 0 Å². The zero-order valence-electron chi connectivity index (χ0n) is 11.7. The van der Waals surface area contributed by atoms with E-state index in [1.165, 1.54) is 37.1 Å². The minimum Gasteiger partial charge on any atom is -0.493 e. The number of hydrogen-bond acceptors (Lipinski definition) is 2. The standard InChI is InChI=1S/C15H23NO2/c1-4-5-7-16-8-6-12-9-14(17-2)15(18-3)10-13(12)11-16/h9-10H,4-8,11H2,1-3H3/p+1. The quantitative estimate of drug-likeness (QED) is 0.854. The van der Waals surface area contributed by atoms with Crippen LogP contribution in [0.25, 0.3) is 0 Å². The summed E-state index contributed by atoms with van der Waals surface area (Å²) in [4.78, 5) is 1.69. The van der Waals surface area contributed by atoms with E-state index in [1.54, 1.807) is 19.1 Å². The van der Waals surface area contributed by atoms with Crippen LogP contribution in [0.5, 0.6) is 11.5 Å². The summed E-state index contributed by atoms with van der Waals surface area (Å²) in [6, 6.07) is 4.30. The fourth-order valence-electron chi connectivity index (χ4n) is 2.67. The van der Waals surface area contributed by atoms with E-state index in [9.17, 15) is 0 Å². The van der Waals surface area contributed by atoms with Crippen LogP contribution in [0.1, 0.15) is 30.9 Å². The van der Waals surface area contributed by atoms with Gasteiger partial charge in [-0.1, -0.05) is 13.3 Å². The molecule has 0 bridgehead atoms. The van der Waals surface area contributed by atoms with Crippen molar-refractivity contribution >= 4 is 0 Å². The number of methoxy groups -OCH3 is 2. The average Bonchev–Trinajstić information content (AvgIpc) is 2.43. The van der Waals surface area contributed by atoms with Crippen LogP contribution in [0.4, 0.5) is 0 Å². The van der Waals surface area contributed by atoms with E-state index in [0.717, 1.165) is 24.5 Å². The molecule has 1 aromatic carbocycles. The Hall–Kier alpha value is -1.22. The van der Waals surface area contributed by atoms with Crippen LogP contribution in [0, 0.1) is 0 Å². The Bertz CT molecular complexity index is 404. The van der Waals surface area contributed by atoms with Crippen LogP contribution in [0.2, 0.25) is 0 Å². The third kappa shape index (κ3) is 2.78. The maximum Gasteiger partial charge on any atom is 0.161 e. The predicted molar refractivity (Wildman–Crippen MR) is 72.6 cm³/mol. The molecule has 0 spiro atoms. The van der Waals surface area contributed by atoms with Crippen LogP contribution >= 0.6 is 0 Å². The summed E-state index contributed by atoms with van der Waals surface area (Å²) in [6.45, 7) is 5.90. The van der Waals surface area contributed by atoms with E-state index in [1.807, 2.05) is 0 Å². The molecule has 0 fully saturated rings. The number of rotatable bonds is 5. The van der Waals surface area contributed by atoms with Crippen LogP contribution in [0.3, 0.4) is 0 Å². The fraction of sp³-hybridized carbons (Fsp3) is 0.600. The van der Waals surface area contributed by atoms with Crippen molar-refractivity contribution in [3.05, 3.63) is 23.3 Å². The van der Waals surface area contributed by atoms with E-state index in [0.29, 0.717) is 0 Å². The SMILES string of the molecule is CCCC[NH+]1CCc2cc(OC)c(OC)cc2C1. The van der Waals surface area contributed by atoms with Gasteiger partial charge in [0.15, 0.2) is 11.5 Å². The highest BCUT2D eigenvalue weighted by Crippen LogP contribution is 2.31. The molecule has 1 aliphatic heterocycles. The van der Waals surface area contributed by atoms with Crippen molar-refractivity contribution in [2.75, 3.05) is 27.3 Å². The highest BCUT2D eigenvalue weighted by molar-refractivity contribution is 5.47. The Kier molecular flexibility index (Phi) is 4.48. The number of nitrogens with one attached hydrogen (secondary N) is 1. The summed E-state index contributed by atoms with van der Waals surface area (Å²) in [5.74, 6) is 1.71. The van der Waals surface area contributed by atoms with Crippen LogP contribution < -0.4 is 14.4 Å². The maximum absolute atomic E-state index is 5.38. The summed E-state index contributed by atoms with van der Waals surface area (Å²) in [6.07, 6.45) is 3.75. The van der Waals surface area contributed by atoms with Crippen molar-refractivity contribution in [3.63, 3.8) is 0 Å². The number of unbranched alkanes of at least 4 members (excludes halogenated alkanes) is 1. The molecule has 0 saturated heterocycles. The molecule has 1 unspecified atom stereocenters. The molecule has 1 aliphatic rings. The number of benzene rings is 1. The minimum atomic E-state index is 0.855. The summed E-state index contributed by atoms with van der Waals surface area (Å²) >= 11 is 0. The van der Waals surface area contributed by atoms with Gasteiger partial charge >= 0.3 is 0 Å². The third-order valence-corrected chi connectivity index (χ3v) is 3.78. The Morgan fingerprint density at radius 1 is 1.11 bits per heavy atom. The summed E-state index contributed by atoms with van der Waals surface area (Å²) < 4.78 is 10.7. The van der Waals surface area contributed by atoms with Crippen LogP contribution in [0.15, 0.2) is 12.1 Å². The van der Waals surface area contributed by atoms with Crippen molar-refractivity contribution in [1.29, 1.82) is 0 Å². The second-order valence-corrected chi connectivity index (χ2v) is 5.01. The van der Waals surface area contributed by atoms with Gasteiger partial charge in [0.25, 0.3) is 0 Å². The van der Waals surface area contributed by atoms with E-state index >= 15 is 0 Å². The molecule has 0 radical (unpaired) electrons. The molecule has 100 valence electrons. The van der Waals surface area contributed by atoms with Gasteiger partial charge in [-0.3, -0.25) is 0 Å². The zero-order valence-corrected chi connectivity index (χ0v) is 11.7. The normalized spacial score (nSPS) is 18.3. The number of fused-ring (bicyclic) bond motifs is 1. The van der Waals surface area contributed by atoms with Gasteiger partial charge in [0, 0.05) is 12.0 Å². The van der Waals surface area contributed by atoms with Crippen LogP contribution in [-0.2, 0) is 13.0 Å². The van der Waals surface area contributed by atoms with E-state index in [4.69, 9.17) is 9.47 Å². The van der Waals surface area contributed by atoms with Crippen molar-refractivity contribution in [3.8, 4) is 11.5 Å². The van der Waals surface area contributed by atoms with E-state index in [-0.39, 0.29) is 0 Å². The lowest BCUT2D eigenvalue weighted by atomic mass is 9.98. The van der Waals surface area contributed by atoms with Gasteiger partial charge in [0.1, 0.15) is 6.54 Å². The molecule has 0 aliphatic carbocycles. The highest BCUT2D eigenvalue weighted by Gasteiger charge is 2.21. The van der Waals surface area contributed by atoms with Gasteiger partial charge in [-0.15, -0.1) is 0 Å². The Morgan fingerprint density at radius 2 is 1.78 bits per heavy atom. The molecule has 0 saturated carbocycles. The summed E-state index contributed by atoms with van der Waals surface area (Å²) in [5.41, 5.74) is 2.85. The fourth-order valence-corrected chi connectivity index (χ4v) is 2.67. The lowest BCUT2D eigenvalue weighted by molar-refractivity contribution is -0.916. The second kappa shape index (κ2) is 6.10. The molecule has 3 nitrogen and oxygen atoms in total. The first-order chi connectivity index (χ1) is 8.78. The number of ether oxygens (including phenoxy) is 2. The van der Waals surface area contributed by atoms with Crippen molar-refractivity contribution in [1.82, 2.24) is 0 Å². The second-order valence-electron chi connectivity index (χ2n) is 5.01. The Balaban J connectivity index is 2.16. The molecule has 1 atom stereocenters. The van der Waals surface area contributed by atoms with Crippen molar-refractivity contribution in [2.45, 2.75) is 32.7 Å². The smallest absolute Gasteiger partial charge is 0.161 e. The molecule has 3 heteroatoms. The molecule has 2 rings (SSSR count). The molecular weight excluding hydrogens is 226 g/mol. The van der Waals surface area contributed by atoms with Crippen molar-refractivity contribution < 1.29 is 14.4 Å². The van der Waals surface area contributed by atoms with Gasteiger partial charge in [0.05, 0.1) is 27.3 Å². The van der Waals surface area contributed by atoms with Gasteiger partial charge < -0.3 is 14.4 Å². The largest absolute Gasteiger partial charge is 0.493 e. The number of hydrogen-bond donors (Lipinski definition) is 1. The van der Waals surface area contributed by atoms with E-state index < -0.39 is 0 Å². The molecule has 1 heterocycles. The lowest BCUT2D eigenvalue weighted by Gasteiger charge is -2.26. The first kappa shape index (κ1) is 13.2. The van der Waals surface area contributed by atoms with Gasteiger partial charge in [-0.05, 0) is 24.1 Å². The van der Waals surface area contributed by atoms with E-state index in [2.05, 4.69) is 19.1 Å². The highest BCUT2D eigenvalue weighted by atomic mass is 16.5. The Labute approximate surface area is 110 Å². The molecule has 1 N–H and O–H groups in total. The van der Waals surface area contributed by atoms with Gasteiger partial charge in [-0.25, -0.2) is 0 Å². The molecular formula is C15H24NO2+. The van der Waals surface area contributed by atoms with Crippen LogP contribution in [-0.4, -0.2) is 27.3 Å². The lowest BCUT2D eigenvalue weighted by Crippen LogP contribution is -3.11. The molecule has 18 heavy (non-hydrogen) atoms. The first-order valence-corrected chi connectivity index (χ1v) is 6.85. The molecule has 0 aromatic heterocycles. The summed E-state index contributed by atoms with van der Waals surface area (Å²) in [7, 11) is 3.40. The number of quaternary nitrogens is 1. The molecule has 1 aromatic rings. The zero-order chi connectivity index (χ0) is 13.0. The monoisotopic (exact) mass is 250 g/mol. The predicted octanol–water partition coefficient (Wildman–Crippen LogP) is 1.44. The maximum atomic E-state index is 5.38. The minimum absolute atomic E-state index is 0.855. The average molecular weight is 250 g/mol. The van der Waals surface area contributed by atoms with Gasteiger partial charge in [0.2, 0.25) is 0 Å². The molecule has 0 amide bonds. The topological polar surface area (TPSA) is 22.9 Å².